The highest BCUT2D eigenvalue weighted by Gasteiger charge is 2.59. The Bertz CT molecular complexity index is 832. The molecule has 1 unspecified atom stereocenters. The molecule has 0 saturated heterocycles. The Morgan fingerprint density at radius 2 is 1.82 bits per heavy atom. The monoisotopic (exact) mass is 528 g/mol. The molecule has 4 rings (SSSR count). The second kappa shape index (κ2) is 13.0. The van der Waals surface area contributed by atoms with Crippen molar-refractivity contribution in [1.29, 1.82) is 0 Å². The van der Waals surface area contributed by atoms with Crippen molar-refractivity contribution in [2.45, 2.75) is 111 Å². The summed E-state index contributed by atoms with van der Waals surface area (Å²) >= 11 is 0. The van der Waals surface area contributed by atoms with E-state index in [2.05, 4.69) is 47.3 Å². The quantitative estimate of drug-likeness (QED) is 0.105. The van der Waals surface area contributed by atoms with Crippen LogP contribution in [0.1, 0.15) is 105 Å². The van der Waals surface area contributed by atoms with Crippen LogP contribution < -0.4 is 0 Å². The fraction of sp³-hybridized carbons (Fsp3) is 0.853. The van der Waals surface area contributed by atoms with Crippen LogP contribution in [0.15, 0.2) is 24.3 Å². The normalized spacial score (nSPS) is 37.1. The second-order valence-electron chi connectivity index (χ2n) is 14.0. The van der Waals surface area contributed by atoms with Gasteiger partial charge in [-0.1, -0.05) is 72.1 Å². The van der Waals surface area contributed by atoms with Crippen molar-refractivity contribution in [2.24, 2.45) is 46.3 Å². The van der Waals surface area contributed by atoms with Crippen LogP contribution in [0.4, 0.5) is 0 Å². The summed E-state index contributed by atoms with van der Waals surface area (Å²) in [5.41, 5.74) is 2.62. The Morgan fingerprint density at radius 1 is 1.03 bits per heavy atom. The van der Waals surface area contributed by atoms with E-state index in [1.807, 2.05) is 0 Å². The lowest BCUT2D eigenvalue weighted by Crippen LogP contribution is -2.51. The molecule has 0 amide bonds. The minimum atomic E-state index is -0.403. The van der Waals surface area contributed by atoms with Crippen LogP contribution in [0.5, 0.6) is 0 Å². The first kappa shape index (κ1) is 29.8. The van der Waals surface area contributed by atoms with Crippen LogP contribution in [0.25, 0.3) is 0 Å². The van der Waals surface area contributed by atoms with Gasteiger partial charge in [0.2, 0.25) is 0 Å². The molecule has 8 atom stereocenters. The molecule has 0 heterocycles. The van der Waals surface area contributed by atoms with Gasteiger partial charge in [-0.05, 0) is 97.7 Å². The smallest absolute Gasteiger partial charge is 0.330 e. The molecule has 38 heavy (non-hydrogen) atoms. The van der Waals surface area contributed by atoms with Crippen LogP contribution in [-0.2, 0) is 19.0 Å². The molecule has 0 radical (unpaired) electrons. The summed E-state index contributed by atoms with van der Waals surface area (Å²) in [7, 11) is 0. The number of allylic oxidation sites excluding steroid dienone is 1. The molecule has 4 heteroatoms. The zero-order valence-electron chi connectivity index (χ0n) is 25.1. The van der Waals surface area contributed by atoms with Gasteiger partial charge in [0.15, 0.2) is 0 Å². The summed E-state index contributed by atoms with van der Waals surface area (Å²) in [6.45, 7) is 17.8. The highest BCUT2D eigenvalue weighted by molar-refractivity contribution is 5.81. The molecule has 0 N–H and O–H groups in total. The van der Waals surface area contributed by atoms with E-state index in [1.54, 1.807) is 5.57 Å². The predicted molar refractivity (Wildman–Crippen MR) is 155 cm³/mol. The van der Waals surface area contributed by atoms with Crippen molar-refractivity contribution >= 4 is 5.97 Å². The maximum absolute atomic E-state index is 11.1. The van der Waals surface area contributed by atoms with Crippen LogP contribution in [0.2, 0.25) is 0 Å². The van der Waals surface area contributed by atoms with Gasteiger partial charge in [0.05, 0.1) is 25.9 Å². The van der Waals surface area contributed by atoms with Gasteiger partial charge in [0.1, 0.15) is 6.61 Å². The van der Waals surface area contributed by atoms with Gasteiger partial charge in [-0.25, -0.2) is 4.79 Å². The van der Waals surface area contributed by atoms with Gasteiger partial charge < -0.3 is 14.2 Å². The standard InChI is InChI=1S/C34H56O4/c1-7-32(35)38-22-20-36-19-21-37-27-15-17-33(5)26(23-27)11-12-28-30-14-13-29(25(4)10-8-9-24(2)3)34(30,6)18-16-31(28)33/h7,11,24-25,27-31H,1,8-10,12-23H2,2-6H3/t25-,27?,28+,29-,30+,31+,33+,34-/m1/s1. The van der Waals surface area contributed by atoms with Crippen molar-refractivity contribution in [1.82, 2.24) is 0 Å². The Balaban J connectivity index is 1.28. The molecule has 3 fully saturated rings. The van der Waals surface area contributed by atoms with Crippen molar-refractivity contribution in [3.8, 4) is 0 Å². The van der Waals surface area contributed by atoms with Gasteiger partial charge in [0.25, 0.3) is 0 Å². The van der Waals surface area contributed by atoms with E-state index >= 15 is 0 Å². The van der Waals surface area contributed by atoms with Crippen LogP contribution >= 0.6 is 0 Å². The first-order chi connectivity index (χ1) is 18.2. The third kappa shape index (κ3) is 6.43. The van der Waals surface area contributed by atoms with Crippen LogP contribution in [0, 0.1) is 46.3 Å². The average Bonchev–Trinajstić information content (AvgIpc) is 3.25. The summed E-state index contributed by atoms with van der Waals surface area (Å²) in [6, 6.07) is 0. The molecule has 4 aliphatic rings. The Morgan fingerprint density at radius 3 is 2.58 bits per heavy atom. The van der Waals surface area contributed by atoms with Crippen molar-refractivity contribution < 1.29 is 19.0 Å². The Hall–Kier alpha value is -1.13. The van der Waals surface area contributed by atoms with Crippen LogP contribution in [0.3, 0.4) is 0 Å². The molecular weight excluding hydrogens is 472 g/mol. The number of rotatable bonds is 13. The second-order valence-corrected chi connectivity index (χ2v) is 14.0. The van der Waals surface area contributed by atoms with Gasteiger partial charge >= 0.3 is 5.97 Å². The third-order valence-corrected chi connectivity index (χ3v) is 11.5. The molecule has 4 aliphatic carbocycles. The summed E-state index contributed by atoms with van der Waals surface area (Å²) in [4.78, 5) is 11.1. The fourth-order valence-corrected chi connectivity index (χ4v) is 9.43. The molecule has 0 spiro atoms. The molecular formula is C34H56O4. The van der Waals surface area contributed by atoms with E-state index in [9.17, 15) is 4.79 Å². The lowest BCUT2D eigenvalue weighted by atomic mass is 9.47. The lowest BCUT2D eigenvalue weighted by molar-refractivity contribution is -0.139. The SMILES string of the molecule is C=CC(=O)OCCOCCOC1CC[C@@]2(C)C(=CC[C@H]3[C@@H]4CC[C@H]([C@H](C)CCCC(C)C)[C@@]4(C)CC[C@@H]32)C1. The molecule has 4 nitrogen and oxygen atoms in total. The Labute approximate surface area is 233 Å². The largest absolute Gasteiger partial charge is 0.460 e. The highest BCUT2D eigenvalue weighted by atomic mass is 16.6. The minimum Gasteiger partial charge on any atom is -0.460 e. The molecule has 0 bridgehead atoms. The highest BCUT2D eigenvalue weighted by Crippen LogP contribution is 2.67. The number of hydrogen-bond acceptors (Lipinski definition) is 4. The minimum absolute atomic E-state index is 0.264. The van der Waals surface area contributed by atoms with E-state index < -0.39 is 5.97 Å². The molecule has 3 saturated carbocycles. The van der Waals surface area contributed by atoms with E-state index in [4.69, 9.17) is 14.2 Å². The molecule has 216 valence electrons. The molecule has 0 aliphatic heterocycles. The first-order valence-electron chi connectivity index (χ1n) is 15.9. The summed E-state index contributed by atoms with van der Waals surface area (Å²) in [6.07, 6.45) is 19.0. The fourth-order valence-electron chi connectivity index (χ4n) is 9.43. The molecule has 0 aromatic heterocycles. The summed E-state index contributed by atoms with van der Waals surface area (Å²) < 4.78 is 16.8. The van der Waals surface area contributed by atoms with E-state index in [0.29, 0.717) is 36.8 Å². The number of fused-ring (bicyclic) bond motifs is 5. The first-order valence-corrected chi connectivity index (χ1v) is 15.9. The summed E-state index contributed by atoms with van der Waals surface area (Å²) in [5, 5.41) is 0. The zero-order valence-corrected chi connectivity index (χ0v) is 25.1. The Kier molecular flexibility index (Phi) is 10.2. The third-order valence-electron chi connectivity index (χ3n) is 11.5. The van der Waals surface area contributed by atoms with E-state index in [-0.39, 0.29) is 6.61 Å². The topological polar surface area (TPSA) is 44.8 Å². The molecule has 0 aromatic carbocycles. The number of carbonyl (C=O) groups excluding carboxylic acids is 1. The maximum atomic E-state index is 11.1. The average molecular weight is 529 g/mol. The van der Waals surface area contributed by atoms with Crippen molar-refractivity contribution in [3.63, 3.8) is 0 Å². The maximum Gasteiger partial charge on any atom is 0.330 e. The van der Waals surface area contributed by atoms with Crippen LogP contribution in [-0.4, -0.2) is 38.5 Å². The number of esters is 1. The van der Waals surface area contributed by atoms with Crippen molar-refractivity contribution in [2.75, 3.05) is 26.4 Å². The van der Waals surface area contributed by atoms with Gasteiger partial charge in [-0.3, -0.25) is 0 Å². The number of hydrogen-bond donors (Lipinski definition) is 0. The van der Waals surface area contributed by atoms with Gasteiger partial charge in [-0.15, -0.1) is 0 Å². The lowest BCUT2D eigenvalue weighted by Gasteiger charge is -2.58. The predicted octanol–water partition coefficient (Wildman–Crippen LogP) is 8.16. The molecule has 0 aromatic rings. The number of carbonyl (C=O) groups is 1. The zero-order chi connectivity index (χ0) is 27.3. The van der Waals surface area contributed by atoms with Gasteiger partial charge in [-0.2, -0.15) is 0 Å². The number of ether oxygens (including phenoxy) is 3. The van der Waals surface area contributed by atoms with E-state index in [1.165, 1.54) is 63.9 Å². The van der Waals surface area contributed by atoms with E-state index in [0.717, 1.165) is 48.3 Å². The van der Waals surface area contributed by atoms with Crippen molar-refractivity contribution in [3.05, 3.63) is 24.3 Å². The van der Waals surface area contributed by atoms with Gasteiger partial charge in [0, 0.05) is 6.08 Å². The summed E-state index contributed by atoms with van der Waals surface area (Å²) in [5.74, 6) is 4.91.